The molecule has 11 heavy (non-hydrogen) atoms. The molecule has 0 aliphatic carbocycles. The van der Waals surface area contributed by atoms with Crippen molar-refractivity contribution in [3.63, 3.8) is 0 Å². The second-order valence-corrected chi connectivity index (χ2v) is 3.07. The van der Waals surface area contributed by atoms with Gasteiger partial charge >= 0.3 is 0 Å². The van der Waals surface area contributed by atoms with E-state index < -0.39 is 0 Å². The maximum Gasteiger partial charge on any atom is 0.216 e. The van der Waals surface area contributed by atoms with Gasteiger partial charge < -0.3 is 5.32 Å². The zero-order valence-electron chi connectivity index (χ0n) is 7.10. The largest absolute Gasteiger partial charge is 0.356 e. The van der Waals surface area contributed by atoms with Gasteiger partial charge in [-0.2, -0.15) is 12.6 Å². The Labute approximate surface area is 75.6 Å². The van der Waals surface area contributed by atoms with Crippen LogP contribution in [-0.4, -0.2) is 18.2 Å². The van der Waals surface area contributed by atoms with Crippen molar-refractivity contribution >= 4 is 18.5 Å². The van der Waals surface area contributed by atoms with Crippen molar-refractivity contribution in [1.29, 1.82) is 0 Å². The first-order valence-electron chi connectivity index (χ1n) is 4.12. The summed E-state index contributed by atoms with van der Waals surface area (Å²) in [6, 6.07) is 0. The molecule has 0 spiro atoms. The van der Waals surface area contributed by atoms with E-state index in [-0.39, 0.29) is 7.33 Å². The fourth-order valence-electron chi connectivity index (χ4n) is 0.855. The van der Waals surface area contributed by atoms with Gasteiger partial charge in [-0.15, -0.1) is 0 Å². The minimum absolute atomic E-state index is 0. The van der Waals surface area contributed by atoms with Crippen LogP contribution in [0.25, 0.3) is 0 Å². The monoisotopic (exact) mass is 177 g/mol. The SMILES string of the molecule is CC(=O)NCCCCCCS.[HH]. The Kier molecular flexibility index (Phi) is 7.79. The van der Waals surface area contributed by atoms with Crippen LogP contribution in [0.4, 0.5) is 0 Å². The van der Waals surface area contributed by atoms with Crippen molar-refractivity contribution < 1.29 is 6.22 Å². The van der Waals surface area contributed by atoms with Crippen LogP contribution in [-0.2, 0) is 4.79 Å². The quantitative estimate of drug-likeness (QED) is 0.470. The molecule has 68 valence electrons. The van der Waals surface area contributed by atoms with Crippen molar-refractivity contribution in [2.45, 2.75) is 32.6 Å². The van der Waals surface area contributed by atoms with Gasteiger partial charge in [-0.3, -0.25) is 4.79 Å². The Hall–Kier alpha value is -0.180. The van der Waals surface area contributed by atoms with E-state index in [4.69, 9.17) is 0 Å². The molecular formula is C8H19NOS. The lowest BCUT2D eigenvalue weighted by Gasteiger charge is -2.00. The highest BCUT2D eigenvalue weighted by Gasteiger charge is 1.90. The summed E-state index contributed by atoms with van der Waals surface area (Å²) in [5.41, 5.74) is 0. The first-order valence-corrected chi connectivity index (χ1v) is 4.76. The second-order valence-electron chi connectivity index (χ2n) is 2.62. The summed E-state index contributed by atoms with van der Waals surface area (Å²) in [5.74, 6) is 1.04. The Balaban J connectivity index is 0. The van der Waals surface area contributed by atoms with Crippen LogP contribution in [0.3, 0.4) is 0 Å². The zero-order valence-corrected chi connectivity index (χ0v) is 7.99. The maximum absolute atomic E-state index is 10.4. The van der Waals surface area contributed by atoms with Gasteiger partial charge in [0.1, 0.15) is 0 Å². The first kappa shape index (κ1) is 10.8. The molecule has 0 fully saturated rings. The summed E-state index contributed by atoms with van der Waals surface area (Å²) in [6.45, 7) is 2.37. The summed E-state index contributed by atoms with van der Waals surface area (Å²) >= 11 is 4.11. The van der Waals surface area contributed by atoms with Gasteiger partial charge in [0.05, 0.1) is 0 Å². The Morgan fingerprint density at radius 3 is 2.55 bits per heavy atom. The fourth-order valence-corrected chi connectivity index (χ4v) is 1.08. The summed E-state index contributed by atoms with van der Waals surface area (Å²) in [5, 5.41) is 2.76. The number of unbranched alkanes of at least 4 members (excludes halogenated alkanes) is 3. The highest BCUT2D eigenvalue weighted by Crippen LogP contribution is 1.99. The van der Waals surface area contributed by atoms with E-state index in [1.807, 2.05) is 0 Å². The topological polar surface area (TPSA) is 29.1 Å². The highest BCUT2D eigenvalue weighted by molar-refractivity contribution is 7.80. The lowest BCUT2D eigenvalue weighted by Crippen LogP contribution is -2.20. The average Bonchev–Trinajstić information content (AvgIpc) is 1.96. The number of rotatable bonds is 6. The summed E-state index contributed by atoms with van der Waals surface area (Å²) < 4.78 is 0. The number of hydrogen-bond acceptors (Lipinski definition) is 2. The number of thiol groups is 1. The number of nitrogens with one attached hydrogen (secondary N) is 1. The third kappa shape index (κ3) is 9.82. The number of carbonyl (C=O) groups is 1. The highest BCUT2D eigenvalue weighted by atomic mass is 32.1. The minimum atomic E-state index is 0. The van der Waals surface area contributed by atoms with E-state index in [1.54, 1.807) is 6.92 Å². The van der Waals surface area contributed by atoms with Gasteiger partial charge in [-0.25, -0.2) is 0 Å². The van der Waals surface area contributed by atoms with Gasteiger partial charge in [0.15, 0.2) is 0 Å². The summed E-state index contributed by atoms with van der Waals surface area (Å²) in [7, 11) is 0. The standard InChI is InChI=1S/C8H17NOS.H2/c1-8(10)9-6-4-2-3-5-7-11;/h11H,2-7H2,1H3,(H,9,10);1H. The molecule has 0 unspecified atom stereocenters. The average molecular weight is 177 g/mol. The minimum Gasteiger partial charge on any atom is -0.356 e. The summed E-state index contributed by atoms with van der Waals surface area (Å²) in [4.78, 5) is 10.4. The summed E-state index contributed by atoms with van der Waals surface area (Å²) in [6.07, 6.45) is 4.69. The van der Waals surface area contributed by atoms with Gasteiger partial charge in [-0.05, 0) is 18.6 Å². The molecule has 0 saturated carbocycles. The second kappa shape index (κ2) is 7.92. The molecular weight excluding hydrogens is 158 g/mol. The van der Waals surface area contributed by atoms with Crippen LogP contribution in [0.2, 0.25) is 0 Å². The molecule has 0 aromatic heterocycles. The zero-order chi connectivity index (χ0) is 8.53. The predicted octanol–water partition coefficient (Wildman–Crippen LogP) is 1.86. The smallest absolute Gasteiger partial charge is 0.216 e. The van der Waals surface area contributed by atoms with E-state index in [1.165, 1.54) is 19.3 Å². The van der Waals surface area contributed by atoms with Crippen LogP contribution < -0.4 is 5.32 Å². The molecule has 3 heteroatoms. The van der Waals surface area contributed by atoms with E-state index in [2.05, 4.69) is 17.9 Å². The molecule has 0 atom stereocenters. The normalized spacial score (nSPS) is 9.64. The molecule has 1 N–H and O–H groups in total. The van der Waals surface area contributed by atoms with Crippen molar-refractivity contribution in [3.8, 4) is 0 Å². The van der Waals surface area contributed by atoms with Gasteiger partial charge in [0.2, 0.25) is 5.91 Å². The molecule has 0 bridgehead atoms. The molecule has 0 rings (SSSR count). The third-order valence-corrected chi connectivity index (χ3v) is 1.78. The van der Waals surface area contributed by atoms with Crippen molar-refractivity contribution in [3.05, 3.63) is 0 Å². The maximum atomic E-state index is 10.4. The van der Waals surface area contributed by atoms with Crippen LogP contribution in [0.1, 0.15) is 34.0 Å². The number of carbonyl (C=O) groups excluding carboxylic acids is 1. The van der Waals surface area contributed by atoms with Crippen molar-refractivity contribution in [2.24, 2.45) is 0 Å². The molecule has 0 aromatic carbocycles. The van der Waals surface area contributed by atoms with Gasteiger partial charge in [0.25, 0.3) is 0 Å². The van der Waals surface area contributed by atoms with Crippen LogP contribution >= 0.6 is 12.6 Å². The third-order valence-electron chi connectivity index (χ3n) is 1.46. The van der Waals surface area contributed by atoms with E-state index in [9.17, 15) is 4.79 Å². The van der Waals surface area contributed by atoms with Crippen LogP contribution in [0.5, 0.6) is 0 Å². The van der Waals surface area contributed by atoms with Crippen LogP contribution in [0, 0.1) is 0 Å². The molecule has 1 amide bonds. The Bertz CT molecular complexity index is 111. The number of amides is 1. The first-order chi connectivity index (χ1) is 5.27. The lowest BCUT2D eigenvalue weighted by molar-refractivity contribution is -0.118. The molecule has 0 heterocycles. The van der Waals surface area contributed by atoms with E-state index in [0.717, 1.165) is 18.7 Å². The molecule has 0 aromatic rings. The fraction of sp³-hybridized carbons (Fsp3) is 0.875. The molecule has 0 aliphatic rings. The molecule has 0 saturated heterocycles. The molecule has 2 nitrogen and oxygen atoms in total. The van der Waals surface area contributed by atoms with E-state index >= 15 is 0 Å². The van der Waals surface area contributed by atoms with Gasteiger partial charge in [-0.1, -0.05) is 12.8 Å². The van der Waals surface area contributed by atoms with Crippen molar-refractivity contribution in [2.75, 3.05) is 12.3 Å². The Morgan fingerprint density at radius 2 is 2.00 bits per heavy atom. The molecule has 0 aliphatic heterocycles. The molecule has 0 radical (unpaired) electrons. The number of hydrogen-bond donors (Lipinski definition) is 2. The predicted molar refractivity (Wildman–Crippen MR) is 53.1 cm³/mol. The van der Waals surface area contributed by atoms with E-state index in [0.29, 0.717) is 0 Å². The Morgan fingerprint density at radius 1 is 1.36 bits per heavy atom. The van der Waals surface area contributed by atoms with Crippen LogP contribution in [0.15, 0.2) is 0 Å². The van der Waals surface area contributed by atoms with Crippen molar-refractivity contribution in [1.82, 2.24) is 5.32 Å². The lowest BCUT2D eigenvalue weighted by atomic mass is 10.2. The van der Waals surface area contributed by atoms with Gasteiger partial charge in [0, 0.05) is 14.9 Å².